The Morgan fingerprint density at radius 1 is 1.50 bits per heavy atom. The van der Waals surface area contributed by atoms with Crippen LogP contribution in [0, 0.1) is 11.7 Å². The molecular formula is C14H20FNO2. The van der Waals surface area contributed by atoms with Gasteiger partial charge in [0.15, 0.2) is 11.6 Å². The molecule has 1 saturated heterocycles. The molecule has 0 radical (unpaired) electrons. The minimum atomic E-state index is -1.17. The van der Waals surface area contributed by atoms with E-state index in [4.69, 9.17) is 4.74 Å². The summed E-state index contributed by atoms with van der Waals surface area (Å²) in [6.07, 6.45) is 1.91. The number of methoxy groups -OCH3 is 1. The number of piperidine rings is 1. The number of hydrogen-bond acceptors (Lipinski definition) is 3. The molecule has 4 heteroatoms. The molecule has 3 nitrogen and oxygen atoms in total. The normalized spacial score (nSPS) is 23.4. The van der Waals surface area contributed by atoms with Crippen molar-refractivity contribution < 1.29 is 14.2 Å². The molecule has 100 valence electrons. The number of ether oxygens (including phenoxy) is 1. The Bertz CT molecular complexity index is 414. The first-order valence-corrected chi connectivity index (χ1v) is 6.33. The fourth-order valence-electron chi connectivity index (χ4n) is 2.61. The van der Waals surface area contributed by atoms with Gasteiger partial charge in [-0.25, -0.2) is 4.39 Å². The van der Waals surface area contributed by atoms with Gasteiger partial charge in [0.1, 0.15) is 0 Å². The number of rotatable bonds is 3. The molecule has 2 N–H and O–H groups in total. The topological polar surface area (TPSA) is 41.5 Å². The van der Waals surface area contributed by atoms with E-state index in [-0.39, 0.29) is 11.7 Å². The van der Waals surface area contributed by atoms with Crippen molar-refractivity contribution in [2.24, 2.45) is 5.92 Å². The van der Waals surface area contributed by atoms with Gasteiger partial charge in [-0.05, 0) is 32.4 Å². The van der Waals surface area contributed by atoms with Crippen LogP contribution in [0.3, 0.4) is 0 Å². The summed E-state index contributed by atoms with van der Waals surface area (Å²) in [4.78, 5) is 0. The Morgan fingerprint density at radius 3 is 2.89 bits per heavy atom. The first-order valence-electron chi connectivity index (χ1n) is 6.33. The minimum absolute atomic E-state index is 0.0212. The van der Waals surface area contributed by atoms with Crippen LogP contribution >= 0.6 is 0 Å². The summed E-state index contributed by atoms with van der Waals surface area (Å²) in [5.74, 6) is -0.264. The lowest BCUT2D eigenvalue weighted by Gasteiger charge is -2.36. The highest BCUT2D eigenvalue weighted by molar-refractivity contribution is 5.35. The van der Waals surface area contributed by atoms with Crippen LogP contribution in [0.4, 0.5) is 4.39 Å². The monoisotopic (exact) mass is 253 g/mol. The summed E-state index contributed by atoms with van der Waals surface area (Å²) in [5, 5.41) is 13.9. The molecule has 1 aromatic carbocycles. The molecular weight excluding hydrogens is 233 g/mol. The zero-order chi connectivity index (χ0) is 13.2. The third kappa shape index (κ3) is 2.35. The number of hydrogen-bond donors (Lipinski definition) is 2. The molecule has 0 saturated carbocycles. The standard InChI is InChI=1S/C14H20FNO2/c1-14(17,10-5-4-8-16-9-10)11-6-3-7-12(18-2)13(11)15/h3,6-7,10,16-17H,4-5,8-9H2,1-2H3. The molecule has 0 bridgehead atoms. The molecule has 1 aliphatic rings. The van der Waals surface area contributed by atoms with Gasteiger partial charge < -0.3 is 15.2 Å². The van der Waals surface area contributed by atoms with Crippen molar-refractivity contribution in [3.8, 4) is 5.75 Å². The highest BCUT2D eigenvalue weighted by Gasteiger charge is 2.37. The van der Waals surface area contributed by atoms with Gasteiger partial charge in [0.05, 0.1) is 12.7 Å². The van der Waals surface area contributed by atoms with Gasteiger partial charge in [0.2, 0.25) is 0 Å². The van der Waals surface area contributed by atoms with Crippen LogP contribution in [0.25, 0.3) is 0 Å². The van der Waals surface area contributed by atoms with E-state index < -0.39 is 11.4 Å². The van der Waals surface area contributed by atoms with Gasteiger partial charge in [0, 0.05) is 18.0 Å². The second kappa shape index (κ2) is 5.24. The van der Waals surface area contributed by atoms with Crippen LogP contribution in [0.15, 0.2) is 18.2 Å². The SMILES string of the molecule is COc1cccc(C(C)(O)C2CCCNC2)c1F. The Morgan fingerprint density at radius 2 is 2.28 bits per heavy atom. The molecule has 2 rings (SSSR count). The average molecular weight is 253 g/mol. The van der Waals surface area contributed by atoms with Crippen molar-refractivity contribution in [3.63, 3.8) is 0 Å². The van der Waals surface area contributed by atoms with Crippen molar-refractivity contribution in [2.75, 3.05) is 20.2 Å². The van der Waals surface area contributed by atoms with E-state index in [0.29, 0.717) is 12.1 Å². The van der Waals surface area contributed by atoms with Gasteiger partial charge in [-0.2, -0.15) is 0 Å². The molecule has 0 spiro atoms. The lowest BCUT2D eigenvalue weighted by molar-refractivity contribution is -0.0188. The van der Waals surface area contributed by atoms with Crippen LogP contribution in [0.5, 0.6) is 5.75 Å². The summed E-state index contributed by atoms with van der Waals surface area (Å²) in [7, 11) is 1.43. The van der Waals surface area contributed by atoms with Crippen LogP contribution in [-0.2, 0) is 5.60 Å². The maximum absolute atomic E-state index is 14.2. The number of aliphatic hydroxyl groups is 1. The van der Waals surface area contributed by atoms with Crippen LogP contribution in [0.2, 0.25) is 0 Å². The van der Waals surface area contributed by atoms with E-state index in [0.717, 1.165) is 19.4 Å². The number of nitrogens with one attached hydrogen (secondary N) is 1. The lowest BCUT2D eigenvalue weighted by atomic mass is 9.78. The largest absolute Gasteiger partial charge is 0.494 e. The van der Waals surface area contributed by atoms with E-state index in [9.17, 15) is 9.50 Å². The van der Waals surface area contributed by atoms with E-state index in [1.165, 1.54) is 7.11 Å². The molecule has 1 aliphatic heterocycles. The molecule has 18 heavy (non-hydrogen) atoms. The Labute approximate surface area is 107 Å². The van der Waals surface area contributed by atoms with Crippen molar-refractivity contribution in [1.29, 1.82) is 0 Å². The lowest BCUT2D eigenvalue weighted by Crippen LogP contribution is -2.42. The maximum atomic E-state index is 14.2. The summed E-state index contributed by atoms with van der Waals surface area (Å²) >= 11 is 0. The van der Waals surface area contributed by atoms with E-state index in [1.807, 2.05) is 0 Å². The van der Waals surface area contributed by atoms with Gasteiger partial charge in [-0.1, -0.05) is 12.1 Å². The van der Waals surface area contributed by atoms with E-state index in [2.05, 4.69) is 5.32 Å². The van der Waals surface area contributed by atoms with E-state index in [1.54, 1.807) is 25.1 Å². The fraction of sp³-hybridized carbons (Fsp3) is 0.571. The third-order valence-corrected chi connectivity index (χ3v) is 3.82. The summed E-state index contributed by atoms with van der Waals surface area (Å²) in [6, 6.07) is 4.91. The van der Waals surface area contributed by atoms with Gasteiger partial charge in [-0.15, -0.1) is 0 Å². The Hall–Kier alpha value is -1.13. The van der Waals surface area contributed by atoms with Crippen LogP contribution in [0.1, 0.15) is 25.3 Å². The van der Waals surface area contributed by atoms with Crippen molar-refractivity contribution >= 4 is 0 Å². The Balaban J connectivity index is 2.33. The number of benzene rings is 1. The maximum Gasteiger partial charge on any atom is 0.171 e. The molecule has 0 aromatic heterocycles. The second-order valence-electron chi connectivity index (χ2n) is 5.01. The van der Waals surface area contributed by atoms with Crippen molar-refractivity contribution in [1.82, 2.24) is 5.32 Å². The van der Waals surface area contributed by atoms with Gasteiger partial charge in [0.25, 0.3) is 0 Å². The molecule has 2 atom stereocenters. The number of halogens is 1. The zero-order valence-corrected chi connectivity index (χ0v) is 10.9. The minimum Gasteiger partial charge on any atom is -0.494 e. The van der Waals surface area contributed by atoms with Crippen LogP contribution in [-0.4, -0.2) is 25.3 Å². The van der Waals surface area contributed by atoms with Crippen molar-refractivity contribution in [3.05, 3.63) is 29.6 Å². The average Bonchev–Trinajstić information content (AvgIpc) is 2.40. The zero-order valence-electron chi connectivity index (χ0n) is 10.9. The summed E-state index contributed by atoms with van der Waals surface area (Å²) < 4.78 is 19.2. The molecule has 0 aliphatic carbocycles. The highest BCUT2D eigenvalue weighted by atomic mass is 19.1. The quantitative estimate of drug-likeness (QED) is 0.866. The van der Waals surface area contributed by atoms with Crippen LogP contribution < -0.4 is 10.1 Å². The third-order valence-electron chi connectivity index (χ3n) is 3.82. The van der Waals surface area contributed by atoms with E-state index >= 15 is 0 Å². The molecule has 1 fully saturated rings. The molecule has 1 aromatic rings. The first kappa shape index (κ1) is 13.3. The molecule has 0 amide bonds. The Kier molecular flexibility index (Phi) is 3.88. The first-order chi connectivity index (χ1) is 8.57. The fourth-order valence-corrected chi connectivity index (χ4v) is 2.61. The smallest absolute Gasteiger partial charge is 0.171 e. The molecule has 2 unspecified atom stereocenters. The van der Waals surface area contributed by atoms with Gasteiger partial charge >= 0.3 is 0 Å². The predicted octanol–water partition coefficient (Wildman–Crippen LogP) is 2.04. The second-order valence-corrected chi connectivity index (χ2v) is 5.01. The summed E-state index contributed by atoms with van der Waals surface area (Å²) in [5.41, 5.74) is -0.859. The van der Waals surface area contributed by atoms with Gasteiger partial charge in [-0.3, -0.25) is 0 Å². The summed E-state index contributed by atoms with van der Waals surface area (Å²) in [6.45, 7) is 3.36. The highest BCUT2D eigenvalue weighted by Crippen LogP contribution is 2.37. The molecule has 1 heterocycles. The van der Waals surface area contributed by atoms with Crippen molar-refractivity contribution in [2.45, 2.75) is 25.4 Å². The predicted molar refractivity (Wildman–Crippen MR) is 68.1 cm³/mol.